The van der Waals surface area contributed by atoms with Crippen molar-refractivity contribution in [2.45, 2.75) is 25.1 Å². The molecule has 0 bridgehead atoms. The molecule has 8 nitrogen and oxygen atoms in total. The molecule has 0 radical (unpaired) electrons. The van der Waals surface area contributed by atoms with Gasteiger partial charge in [0, 0.05) is 12.1 Å². The molecule has 11 heteroatoms. The zero-order valence-corrected chi connectivity index (χ0v) is 13.4. The summed E-state index contributed by atoms with van der Waals surface area (Å²) in [7, 11) is 1.17. The Morgan fingerprint density at radius 2 is 1.73 bits per heavy atom. The lowest BCUT2D eigenvalue weighted by Gasteiger charge is -2.18. The van der Waals surface area contributed by atoms with Crippen LogP contribution in [-0.2, 0) is 19.1 Å². The number of rotatable bonds is 7. The van der Waals surface area contributed by atoms with Gasteiger partial charge in [0.2, 0.25) is 5.91 Å². The van der Waals surface area contributed by atoms with E-state index in [-0.39, 0.29) is 11.3 Å². The number of hydrogen-bond acceptors (Lipinski definition) is 5. The van der Waals surface area contributed by atoms with Gasteiger partial charge in [-0.1, -0.05) is 0 Å². The van der Waals surface area contributed by atoms with Crippen molar-refractivity contribution in [1.29, 1.82) is 0 Å². The molecular weight excluding hydrogens is 361 g/mol. The number of anilines is 1. The van der Waals surface area contributed by atoms with Crippen molar-refractivity contribution in [1.82, 2.24) is 5.32 Å². The minimum atomic E-state index is -5.22. The smallest absolute Gasteiger partial charge is 0.471 e. The van der Waals surface area contributed by atoms with Crippen LogP contribution in [0.4, 0.5) is 18.9 Å². The van der Waals surface area contributed by atoms with Gasteiger partial charge >= 0.3 is 24.0 Å². The Hall–Kier alpha value is -3.11. The van der Waals surface area contributed by atoms with E-state index < -0.39 is 48.8 Å². The normalized spacial score (nSPS) is 12.0. The zero-order valence-electron chi connectivity index (χ0n) is 13.4. The van der Waals surface area contributed by atoms with Gasteiger partial charge in [0.1, 0.15) is 6.04 Å². The molecule has 0 unspecified atom stereocenters. The second kappa shape index (κ2) is 8.83. The topological polar surface area (TPSA) is 122 Å². The zero-order chi connectivity index (χ0) is 19.9. The third-order valence-electron chi connectivity index (χ3n) is 3.10. The molecule has 2 amide bonds. The highest BCUT2D eigenvalue weighted by molar-refractivity contribution is 5.98. The number of carbonyl (C=O) groups excluding carboxylic acids is 3. The van der Waals surface area contributed by atoms with Crippen molar-refractivity contribution in [2.24, 2.45) is 0 Å². The molecule has 0 heterocycles. The molecule has 0 aliphatic heterocycles. The first kappa shape index (κ1) is 20.9. The van der Waals surface area contributed by atoms with Gasteiger partial charge in [0.25, 0.3) is 0 Å². The van der Waals surface area contributed by atoms with E-state index in [1.54, 1.807) is 0 Å². The third kappa shape index (κ3) is 6.42. The molecule has 0 fully saturated rings. The van der Waals surface area contributed by atoms with Crippen LogP contribution in [0.2, 0.25) is 0 Å². The van der Waals surface area contributed by atoms with E-state index in [0.717, 1.165) is 0 Å². The van der Waals surface area contributed by atoms with E-state index in [0.29, 0.717) is 0 Å². The Bertz CT molecular complexity index is 688. The highest BCUT2D eigenvalue weighted by atomic mass is 19.4. The standard InChI is InChI=1S/C15H15F3N2O6/c1-26-13(24)8-2-4-9(5-3-8)19-12(23)10(6-7-11(21)22)20-14(25)15(16,17)18/h2-5,10H,6-7H2,1H3,(H,19,23)(H,20,25)(H,21,22)/t10-/m0/s1. The summed E-state index contributed by atoms with van der Waals surface area (Å²) < 4.78 is 41.5. The Morgan fingerprint density at radius 1 is 1.15 bits per heavy atom. The Kier molecular flexibility index (Phi) is 7.11. The molecule has 0 aliphatic rings. The number of halogens is 3. The minimum Gasteiger partial charge on any atom is -0.481 e. The first-order chi connectivity index (χ1) is 12.0. The number of ether oxygens (including phenoxy) is 1. The van der Waals surface area contributed by atoms with E-state index in [9.17, 15) is 32.3 Å². The molecule has 0 aliphatic carbocycles. The number of carboxylic acids is 1. The van der Waals surface area contributed by atoms with Gasteiger partial charge in [0.05, 0.1) is 12.7 Å². The first-order valence-corrected chi connectivity index (χ1v) is 7.13. The van der Waals surface area contributed by atoms with E-state index in [1.165, 1.54) is 36.7 Å². The number of methoxy groups -OCH3 is 1. The van der Waals surface area contributed by atoms with E-state index in [4.69, 9.17) is 5.11 Å². The predicted octanol–water partition coefficient (Wildman–Crippen LogP) is 1.32. The predicted molar refractivity (Wildman–Crippen MR) is 81.3 cm³/mol. The maximum absolute atomic E-state index is 12.3. The minimum absolute atomic E-state index is 0.129. The summed E-state index contributed by atoms with van der Waals surface area (Å²) in [6.07, 6.45) is -6.38. The highest BCUT2D eigenvalue weighted by Crippen LogP contribution is 2.16. The summed E-state index contributed by atoms with van der Waals surface area (Å²) in [5, 5.41) is 12.3. The third-order valence-corrected chi connectivity index (χ3v) is 3.10. The second-order valence-corrected chi connectivity index (χ2v) is 5.01. The monoisotopic (exact) mass is 376 g/mol. The van der Waals surface area contributed by atoms with Crippen molar-refractivity contribution >= 4 is 29.4 Å². The summed E-state index contributed by atoms with van der Waals surface area (Å²) >= 11 is 0. The fraction of sp³-hybridized carbons (Fsp3) is 0.333. The highest BCUT2D eigenvalue weighted by Gasteiger charge is 2.40. The second-order valence-electron chi connectivity index (χ2n) is 5.01. The molecule has 0 saturated heterocycles. The lowest BCUT2D eigenvalue weighted by molar-refractivity contribution is -0.174. The van der Waals surface area contributed by atoms with Gasteiger partial charge in [-0.25, -0.2) is 4.79 Å². The summed E-state index contributed by atoms with van der Waals surface area (Å²) in [5.41, 5.74) is 0.308. The number of carboxylic acid groups (broad SMARTS) is 1. The van der Waals surface area contributed by atoms with Gasteiger partial charge in [-0.05, 0) is 30.7 Å². The number of hydrogen-bond donors (Lipinski definition) is 3. The summed E-state index contributed by atoms with van der Waals surface area (Å²) in [4.78, 5) is 45.0. The van der Waals surface area contributed by atoms with Gasteiger partial charge in [-0.2, -0.15) is 13.2 Å². The molecule has 3 N–H and O–H groups in total. The van der Waals surface area contributed by atoms with Crippen molar-refractivity contribution in [3.63, 3.8) is 0 Å². The van der Waals surface area contributed by atoms with Crippen molar-refractivity contribution in [2.75, 3.05) is 12.4 Å². The molecule has 0 aromatic heterocycles. The quantitative estimate of drug-likeness (QED) is 0.617. The molecule has 1 aromatic carbocycles. The number of benzene rings is 1. The molecule has 26 heavy (non-hydrogen) atoms. The molecule has 142 valence electrons. The number of nitrogens with one attached hydrogen (secondary N) is 2. The summed E-state index contributed by atoms with van der Waals surface area (Å²) in [5.74, 6) is -5.36. The lowest BCUT2D eigenvalue weighted by atomic mass is 10.1. The van der Waals surface area contributed by atoms with Crippen molar-refractivity contribution in [3.05, 3.63) is 29.8 Å². The van der Waals surface area contributed by atoms with Crippen LogP contribution in [-0.4, -0.2) is 48.2 Å². The molecule has 1 aromatic rings. The van der Waals surface area contributed by atoms with Gasteiger partial charge < -0.3 is 20.5 Å². The van der Waals surface area contributed by atoms with Crippen LogP contribution in [0.25, 0.3) is 0 Å². The largest absolute Gasteiger partial charge is 0.481 e. The maximum atomic E-state index is 12.3. The SMILES string of the molecule is COC(=O)c1ccc(NC(=O)[C@H](CCC(=O)O)NC(=O)C(F)(F)F)cc1. The average Bonchev–Trinajstić information content (AvgIpc) is 2.57. The molecular formula is C15H15F3N2O6. The van der Waals surface area contributed by atoms with Crippen LogP contribution < -0.4 is 10.6 Å². The van der Waals surface area contributed by atoms with Crippen LogP contribution >= 0.6 is 0 Å². The van der Waals surface area contributed by atoms with Gasteiger partial charge in [-0.15, -0.1) is 0 Å². The van der Waals surface area contributed by atoms with Crippen LogP contribution in [0.5, 0.6) is 0 Å². The van der Waals surface area contributed by atoms with Crippen LogP contribution in [0.3, 0.4) is 0 Å². The van der Waals surface area contributed by atoms with E-state index in [2.05, 4.69) is 10.1 Å². The Labute approximate surface area is 145 Å². The van der Waals surface area contributed by atoms with Crippen molar-refractivity contribution < 1.29 is 42.2 Å². The van der Waals surface area contributed by atoms with Gasteiger partial charge in [-0.3, -0.25) is 14.4 Å². The Morgan fingerprint density at radius 3 is 2.19 bits per heavy atom. The number of alkyl halides is 3. The number of aliphatic carboxylic acids is 1. The van der Waals surface area contributed by atoms with Crippen LogP contribution in [0, 0.1) is 0 Å². The summed E-state index contributed by atoms with van der Waals surface area (Å²) in [6.45, 7) is 0. The molecule has 0 saturated carbocycles. The van der Waals surface area contributed by atoms with E-state index >= 15 is 0 Å². The van der Waals surface area contributed by atoms with Gasteiger partial charge in [0.15, 0.2) is 0 Å². The molecule has 0 spiro atoms. The number of carbonyl (C=O) groups is 4. The fourth-order valence-electron chi connectivity index (χ4n) is 1.81. The van der Waals surface area contributed by atoms with E-state index in [1.807, 2.05) is 0 Å². The molecule has 1 atom stereocenters. The average molecular weight is 376 g/mol. The molecule has 1 rings (SSSR count). The lowest BCUT2D eigenvalue weighted by Crippen LogP contribution is -2.48. The number of esters is 1. The maximum Gasteiger partial charge on any atom is 0.471 e. The first-order valence-electron chi connectivity index (χ1n) is 7.13. The number of amides is 2. The van der Waals surface area contributed by atoms with Crippen molar-refractivity contribution in [3.8, 4) is 0 Å². The fourth-order valence-corrected chi connectivity index (χ4v) is 1.81. The summed E-state index contributed by atoms with van der Waals surface area (Å²) in [6, 6.07) is 3.50. The Balaban J connectivity index is 2.85. The van der Waals surface area contributed by atoms with Crippen LogP contribution in [0.1, 0.15) is 23.2 Å². The van der Waals surface area contributed by atoms with Crippen LogP contribution in [0.15, 0.2) is 24.3 Å².